The van der Waals surface area contributed by atoms with E-state index in [-0.39, 0.29) is 0 Å². The molecule has 1 aliphatic heterocycles. The van der Waals surface area contributed by atoms with Crippen LogP contribution < -0.4 is 5.32 Å². The van der Waals surface area contributed by atoms with Crippen molar-refractivity contribution in [1.82, 2.24) is 5.32 Å². The third kappa shape index (κ3) is 1.54. The molecule has 2 N–H and O–H groups in total. The molecule has 1 aliphatic rings. The lowest BCUT2D eigenvalue weighted by Gasteiger charge is -2.56. The highest BCUT2D eigenvalue weighted by atomic mass is 32.3. The average Bonchev–Trinajstić information content (AvgIpc) is 2.04. The van der Waals surface area contributed by atoms with Crippen LogP contribution >= 0.6 is 0 Å². The van der Waals surface area contributed by atoms with Crippen molar-refractivity contribution in [3.63, 3.8) is 0 Å². The van der Waals surface area contributed by atoms with Crippen LogP contribution in [0.25, 0.3) is 0 Å². The molecular weight excluding hydrogens is 190 g/mol. The molecule has 0 bridgehead atoms. The minimum absolute atomic E-state index is 0.400. The Morgan fingerprint density at radius 2 is 1.77 bits per heavy atom. The molecule has 1 fully saturated rings. The summed E-state index contributed by atoms with van der Waals surface area (Å²) in [6, 6.07) is 0. The van der Waals surface area contributed by atoms with Gasteiger partial charge in [0.1, 0.15) is 0 Å². The van der Waals surface area contributed by atoms with Gasteiger partial charge in [0.2, 0.25) is 0 Å². The van der Waals surface area contributed by atoms with Crippen LogP contribution in [-0.2, 0) is 13.7 Å². The van der Waals surface area contributed by atoms with Gasteiger partial charge in [0, 0.05) is 13.1 Å². The molecule has 1 heterocycles. The highest BCUT2D eigenvalue weighted by Crippen LogP contribution is 2.41. The molecule has 13 heavy (non-hydrogen) atoms. The summed E-state index contributed by atoms with van der Waals surface area (Å²) >= 11 is 0. The summed E-state index contributed by atoms with van der Waals surface area (Å²) in [5.74, 6) is 0.800. The second-order valence-corrected chi connectivity index (χ2v) is 9.13. The van der Waals surface area contributed by atoms with Crippen LogP contribution in [0.4, 0.5) is 0 Å². The quantitative estimate of drug-likeness (QED) is 0.491. The molecule has 1 saturated heterocycles. The topological polar surface area (TPSA) is 58.6 Å². The summed E-state index contributed by atoms with van der Waals surface area (Å²) in [4.78, 5) is 0. The van der Waals surface area contributed by atoms with Crippen LogP contribution in [0.2, 0.25) is 0 Å². The number of hydrogen-bond acceptors (Lipinski definition) is 4. The van der Waals surface area contributed by atoms with E-state index in [0.29, 0.717) is 24.6 Å². The maximum atomic E-state index is 12.7. The molecule has 0 amide bonds. The van der Waals surface area contributed by atoms with Crippen molar-refractivity contribution in [3.05, 3.63) is 0 Å². The molecule has 80 valence electrons. The van der Waals surface area contributed by atoms with Crippen LogP contribution in [0.15, 0.2) is 0 Å². The maximum Gasteiger partial charge on any atom is 0.0508 e. The predicted octanol–water partition coefficient (Wildman–Crippen LogP) is 0.613. The van der Waals surface area contributed by atoms with Gasteiger partial charge in [-0.15, -0.1) is 13.7 Å². The van der Waals surface area contributed by atoms with Crippen molar-refractivity contribution in [1.29, 1.82) is 0 Å². The Labute approximate surface area is 79.2 Å². The summed E-state index contributed by atoms with van der Waals surface area (Å²) in [6.07, 6.45) is 0. The molecular formula is C8H19NO3S. The van der Waals surface area contributed by atoms with E-state index < -0.39 is 14.1 Å². The van der Waals surface area contributed by atoms with Crippen molar-refractivity contribution in [2.75, 3.05) is 24.6 Å². The smallest absolute Gasteiger partial charge is 0.0508 e. The molecule has 0 saturated carbocycles. The Balaban J connectivity index is 3.08. The van der Waals surface area contributed by atoms with Gasteiger partial charge in [-0.05, 0) is 20.8 Å². The summed E-state index contributed by atoms with van der Waals surface area (Å²) in [5, 5.41) is 12.1. The number of rotatable bonds is 1. The highest BCUT2D eigenvalue weighted by molar-refractivity contribution is 8.17. The van der Waals surface area contributed by atoms with Crippen LogP contribution in [0.3, 0.4) is 0 Å². The van der Waals surface area contributed by atoms with E-state index in [9.17, 15) is 4.21 Å². The van der Waals surface area contributed by atoms with Gasteiger partial charge in [-0.3, -0.25) is 0 Å². The standard InChI is InChI=1S/C8H19NO3S/c1-8(2,3)13(11,12-10)6-4-9-5-7-13/h9-10H,4-7H2,1-3H3. The summed E-state index contributed by atoms with van der Waals surface area (Å²) in [6.45, 7) is 6.84. The molecule has 0 spiro atoms. The van der Waals surface area contributed by atoms with Crippen molar-refractivity contribution < 1.29 is 13.8 Å². The van der Waals surface area contributed by atoms with E-state index in [1.807, 2.05) is 20.8 Å². The Morgan fingerprint density at radius 3 is 2.00 bits per heavy atom. The lowest BCUT2D eigenvalue weighted by Crippen LogP contribution is -2.62. The Kier molecular flexibility index (Phi) is 2.58. The number of nitrogens with one attached hydrogen (secondary N) is 1. The highest BCUT2D eigenvalue weighted by Gasteiger charge is 2.45. The molecule has 1 rings (SSSR count). The van der Waals surface area contributed by atoms with Crippen LogP contribution in [0.1, 0.15) is 20.8 Å². The second kappa shape index (κ2) is 3.02. The largest absolute Gasteiger partial charge is 0.314 e. The zero-order valence-corrected chi connectivity index (χ0v) is 9.32. The summed E-state index contributed by atoms with van der Waals surface area (Å²) < 4.78 is 16.6. The first-order valence-corrected chi connectivity index (χ1v) is 6.73. The van der Waals surface area contributed by atoms with Crippen molar-refractivity contribution in [2.24, 2.45) is 0 Å². The Hall–Kier alpha value is 0.0300. The lowest BCUT2D eigenvalue weighted by atomic mass is 10.3. The molecule has 5 heteroatoms. The van der Waals surface area contributed by atoms with Crippen molar-refractivity contribution >= 4 is 9.35 Å². The average molecular weight is 209 g/mol. The van der Waals surface area contributed by atoms with Gasteiger partial charge in [-0.1, -0.05) is 0 Å². The Bertz CT molecular complexity index is 247. The number of hydrogen-bond donors (Lipinski definition) is 2. The second-order valence-electron chi connectivity index (χ2n) is 4.54. The first-order valence-electron chi connectivity index (χ1n) is 4.50. The molecule has 0 atom stereocenters. The van der Waals surface area contributed by atoms with Gasteiger partial charge >= 0.3 is 0 Å². The molecule has 0 aliphatic carbocycles. The molecule has 4 nitrogen and oxygen atoms in total. The zero-order valence-electron chi connectivity index (χ0n) is 8.50. The zero-order chi connectivity index (χ0) is 10.2. The van der Waals surface area contributed by atoms with E-state index >= 15 is 0 Å². The minimum Gasteiger partial charge on any atom is -0.314 e. The summed E-state index contributed by atoms with van der Waals surface area (Å²) in [7, 11) is -3.33. The fraction of sp³-hybridized carbons (Fsp3) is 1.00. The van der Waals surface area contributed by atoms with Gasteiger partial charge in [0.15, 0.2) is 0 Å². The van der Waals surface area contributed by atoms with Crippen molar-refractivity contribution in [2.45, 2.75) is 25.5 Å². The van der Waals surface area contributed by atoms with Crippen molar-refractivity contribution in [3.8, 4) is 0 Å². The first kappa shape index (κ1) is 11.1. The van der Waals surface area contributed by atoms with E-state index in [2.05, 4.69) is 9.65 Å². The van der Waals surface area contributed by atoms with E-state index in [1.54, 1.807) is 0 Å². The monoisotopic (exact) mass is 209 g/mol. The molecule has 0 aromatic carbocycles. The molecule has 0 aromatic rings. The van der Waals surface area contributed by atoms with Gasteiger partial charge in [-0.2, -0.15) is 0 Å². The lowest BCUT2D eigenvalue weighted by molar-refractivity contribution is -0.136. The van der Waals surface area contributed by atoms with E-state index in [4.69, 9.17) is 5.26 Å². The van der Waals surface area contributed by atoms with Gasteiger partial charge in [0.25, 0.3) is 0 Å². The van der Waals surface area contributed by atoms with Crippen LogP contribution in [0, 0.1) is 0 Å². The first-order chi connectivity index (χ1) is 5.83. The van der Waals surface area contributed by atoms with Gasteiger partial charge in [0.05, 0.1) is 16.3 Å². The molecule has 0 radical (unpaired) electrons. The minimum atomic E-state index is -3.33. The Morgan fingerprint density at radius 1 is 1.31 bits per heavy atom. The molecule has 0 unspecified atom stereocenters. The predicted molar refractivity (Wildman–Crippen MR) is 54.2 cm³/mol. The SMILES string of the molecule is CC(C)(C)S1(=O)(OO)CCNCC1. The van der Waals surface area contributed by atoms with Gasteiger partial charge in [-0.25, -0.2) is 9.47 Å². The van der Waals surface area contributed by atoms with E-state index in [1.165, 1.54) is 0 Å². The fourth-order valence-electron chi connectivity index (χ4n) is 1.58. The third-order valence-electron chi connectivity index (χ3n) is 2.92. The summed E-state index contributed by atoms with van der Waals surface area (Å²) in [5.41, 5.74) is 0. The maximum absolute atomic E-state index is 12.7. The molecule has 0 aromatic heterocycles. The van der Waals surface area contributed by atoms with E-state index in [0.717, 1.165) is 0 Å². The van der Waals surface area contributed by atoms with Gasteiger partial charge < -0.3 is 5.32 Å². The third-order valence-corrected chi connectivity index (χ3v) is 8.06. The normalized spacial score (nSPS) is 30.3. The van der Waals surface area contributed by atoms with Crippen LogP contribution in [0.5, 0.6) is 0 Å². The van der Waals surface area contributed by atoms with Crippen LogP contribution in [-0.4, -0.2) is 38.8 Å². The fourth-order valence-corrected chi connectivity index (χ4v) is 4.50.